The van der Waals surface area contributed by atoms with Crippen molar-refractivity contribution in [2.24, 2.45) is 0 Å². The van der Waals surface area contributed by atoms with E-state index in [-0.39, 0.29) is 24.5 Å². The summed E-state index contributed by atoms with van der Waals surface area (Å²) < 4.78 is 5.54. The second kappa shape index (κ2) is 8.53. The number of pyridine rings is 1. The van der Waals surface area contributed by atoms with Crippen molar-refractivity contribution >= 4 is 29.1 Å². The van der Waals surface area contributed by atoms with Crippen molar-refractivity contribution in [3.05, 3.63) is 70.4 Å². The van der Waals surface area contributed by atoms with Crippen molar-refractivity contribution < 1.29 is 9.53 Å². The summed E-state index contributed by atoms with van der Waals surface area (Å²) in [6.45, 7) is 0.508. The molecule has 4 rings (SSSR count). The molecule has 3 heterocycles. The van der Waals surface area contributed by atoms with Crippen LogP contribution >= 0.6 is 23.2 Å². The summed E-state index contributed by atoms with van der Waals surface area (Å²) in [5.74, 6) is 0.706. The highest BCUT2D eigenvalue weighted by atomic mass is 35.5. The Bertz CT molecular complexity index is 1010. The van der Waals surface area contributed by atoms with E-state index < -0.39 is 0 Å². The lowest BCUT2D eigenvalue weighted by Gasteiger charge is -2.23. The number of likely N-dealkylation sites (tertiary alicyclic amines) is 1. The number of methoxy groups -OCH3 is 1. The first-order valence-electron chi connectivity index (χ1n) is 9.26. The van der Waals surface area contributed by atoms with Crippen LogP contribution in [0.5, 0.6) is 0 Å². The third-order valence-electron chi connectivity index (χ3n) is 5.16. The highest BCUT2D eigenvalue weighted by molar-refractivity contribution is 6.35. The van der Waals surface area contributed by atoms with Crippen LogP contribution in [0, 0.1) is 0 Å². The van der Waals surface area contributed by atoms with Gasteiger partial charge in [-0.05, 0) is 29.8 Å². The maximum atomic E-state index is 13.1. The van der Waals surface area contributed by atoms with Gasteiger partial charge < -0.3 is 14.6 Å². The van der Waals surface area contributed by atoms with Crippen LogP contribution in [0.2, 0.25) is 10.0 Å². The molecule has 1 N–H and O–H groups in total. The van der Waals surface area contributed by atoms with E-state index in [1.165, 1.54) is 0 Å². The number of hydrogen-bond acceptors (Lipinski definition) is 4. The fraction of sp³-hybridized carbons (Fsp3) is 0.286. The average molecular weight is 431 g/mol. The summed E-state index contributed by atoms with van der Waals surface area (Å²) in [6, 6.07) is 8.82. The van der Waals surface area contributed by atoms with Gasteiger partial charge >= 0.3 is 0 Å². The molecule has 2 atom stereocenters. The summed E-state index contributed by atoms with van der Waals surface area (Å²) in [6.07, 6.45) is 6.09. The molecule has 6 nitrogen and oxygen atoms in total. The molecule has 0 spiro atoms. The molecule has 2 aromatic heterocycles. The van der Waals surface area contributed by atoms with Crippen LogP contribution in [-0.2, 0) is 16.0 Å². The van der Waals surface area contributed by atoms with E-state index in [4.69, 9.17) is 27.9 Å². The van der Waals surface area contributed by atoms with Crippen LogP contribution in [0.15, 0.2) is 48.9 Å². The lowest BCUT2D eigenvalue weighted by atomic mass is 10.1. The molecule has 1 saturated heterocycles. The van der Waals surface area contributed by atoms with Crippen LogP contribution < -0.4 is 0 Å². The molecule has 1 aliphatic rings. The number of rotatable bonds is 5. The predicted octanol–water partition coefficient (Wildman–Crippen LogP) is 4.31. The lowest BCUT2D eigenvalue weighted by molar-refractivity contribution is -0.131. The quantitative estimate of drug-likeness (QED) is 0.654. The van der Waals surface area contributed by atoms with Crippen molar-refractivity contribution in [2.45, 2.75) is 25.0 Å². The number of nitrogens with zero attached hydrogens (tertiary/aromatic N) is 3. The summed E-state index contributed by atoms with van der Waals surface area (Å²) in [5.41, 5.74) is 2.55. The molecule has 0 saturated carbocycles. The zero-order valence-corrected chi connectivity index (χ0v) is 17.3. The molecule has 0 radical (unpaired) electrons. The number of carbonyl (C=O) groups is 1. The Morgan fingerprint density at radius 1 is 1.31 bits per heavy atom. The molecule has 0 bridgehead atoms. The number of hydrogen-bond donors (Lipinski definition) is 1. The number of carbonyl (C=O) groups excluding carboxylic acids is 1. The van der Waals surface area contributed by atoms with E-state index in [0.717, 1.165) is 22.6 Å². The minimum Gasteiger partial charge on any atom is -0.380 e. The average Bonchev–Trinajstić information content (AvgIpc) is 3.37. The van der Waals surface area contributed by atoms with Gasteiger partial charge in [-0.25, -0.2) is 4.98 Å². The van der Waals surface area contributed by atoms with E-state index in [1.54, 1.807) is 43.9 Å². The SMILES string of the molecule is CO[C@@H]1C[C@@H](c2ncc(-c3cccnc3)[nH]2)N(C(=O)Cc2ccc(Cl)cc2Cl)C1. The van der Waals surface area contributed by atoms with E-state index in [1.807, 2.05) is 17.0 Å². The number of nitrogens with one attached hydrogen (secondary N) is 1. The number of ether oxygens (including phenoxy) is 1. The molecule has 1 amide bonds. The maximum absolute atomic E-state index is 13.1. The van der Waals surface area contributed by atoms with Crippen LogP contribution in [-0.4, -0.2) is 45.5 Å². The molecule has 150 valence electrons. The molecule has 0 unspecified atom stereocenters. The lowest BCUT2D eigenvalue weighted by Crippen LogP contribution is -2.33. The van der Waals surface area contributed by atoms with Gasteiger partial charge in [0.2, 0.25) is 5.91 Å². The Hall–Kier alpha value is -2.41. The zero-order chi connectivity index (χ0) is 20.4. The van der Waals surface area contributed by atoms with Gasteiger partial charge in [-0.2, -0.15) is 0 Å². The van der Waals surface area contributed by atoms with Gasteiger partial charge in [0.05, 0.1) is 30.5 Å². The number of amides is 1. The van der Waals surface area contributed by atoms with Gasteiger partial charge in [0.1, 0.15) is 5.82 Å². The predicted molar refractivity (Wildman–Crippen MR) is 112 cm³/mol. The molecule has 1 aromatic carbocycles. The Kier molecular flexibility index (Phi) is 5.85. The number of aromatic nitrogens is 3. The van der Waals surface area contributed by atoms with Gasteiger partial charge in [-0.1, -0.05) is 29.3 Å². The molecular weight excluding hydrogens is 411 g/mol. The van der Waals surface area contributed by atoms with Crippen LogP contribution in [0.1, 0.15) is 23.9 Å². The molecule has 0 aliphatic carbocycles. The van der Waals surface area contributed by atoms with Crippen molar-refractivity contribution in [1.29, 1.82) is 0 Å². The Morgan fingerprint density at radius 2 is 2.17 bits per heavy atom. The Labute approximate surface area is 178 Å². The number of halogens is 2. The molecule has 1 aliphatic heterocycles. The third kappa shape index (κ3) is 4.29. The molecule has 3 aromatic rings. The first-order valence-corrected chi connectivity index (χ1v) is 10.0. The highest BCUT2D eigenvalue weighted by Gasteiger charge is 2.38. The first kappa shape index (κ1) is 19.9. The number of H-pyrrole nitrogens is 1. The van der Waals surface area contributed by atoms with Crippen molar-refractivity contribution in [3.63, 3.8) is 0 Å². The van der Waals surface area contributed by atoms with Crippen LogP contribution in [0.3, 0.4) is 0 Å². The van der Waals surface area contributed by atoms with Gasteiger partial charge in [0.15, 0.2) is 0 Å². The number of benzene rings is 1. The van der Waals surface area contributed by atoms with Crippen LogP contribution in [0.4, 0.5) is 0 Å². The largest absolute Gasteiger partial charge is 0.380 e. The standard InChI is InChI=1S/C21H20Cl2N4O2/c1-29-16-9-19(21-25-11-18(26-21)14-3-2-6-24-10-14)27(12-16)20(28)7-13-4-5-15(22)8-17(13)23/h2-6,8,10-11,16,19H,7,9,12H2,1H3,(H,25,26)/t16-,19+/m1/s1. The topological polar surface area (TPSA) is 71.1 Å². The summed E-state index contributed by atoms with van der Waals surface area (Å²) in [7, 11) is 1.66. The van der Waals surface area contributed by atoms with Crippen LogP contribution in [0.25, 0.3) is 11.3 Å². The third-order valence-corrected chi connectivity index (χ3v) is 5.74. The van der Waals surface area contributed by atoms with Crippen molar-refractivity contribution in [2.75, 3.05) is 13.7 Å². The Morgan fingerprint density at radius 3 is 2.90 bits per heavy atom. The highest BCUT2D eigenvalue weighted by Crippen LogP contribution is 2.34. The first-order chi connectivity index (χ1) is 14.0. The molecular formula is C21H20Cl2N4O2. The molecule has 1 fully saturated rings. The fourth-order valence-electron chi connectivity index (χ4n) is 3.61. The molecule has 8 heteroatoms. The minimum atomic E-state index is -0.191. The van der Waals surface area contributed by atoms with E-state index in [2.05, 4.69) is 15.0 Å². The summed E-state index contributed by atoms with van der Waals surface area (Å²) in [5, 5.41) is 1.03. The second-order valence-corrected chi connectivity index (χ2v) is 7.84. The monoisotopic (exact) mass is 430 g/mol. The fourth-order valence-corrected chi connectivity index (χ4v) is 4.08. The smallest absolute Gasteiger partial charge is 0.227 e. The number of aromatic amines is 1. The Balaban J connectivity index is 1.57. The minimum absolute atomic E-state index is 0.0295. The van der Waals surface area contributed by atoms with Gasteiger partial charge in [-0.15, -0.1) is 0 Å². The summed E-state index contributed by atoms with van der Waals surface area (Å²) in [4.78, 5) is 26.9. The maximum Gasteiger partial charge on any atom is 0.227 e. The van der Waals surface area contributed by atoms with E-state index in [0.29, 0.717) is 23.0 Å². The van der Waals surface area contributed by atoms with Gasteiger partial charge in [-0.3, -0.25) is 9.78 Å². The second-order valence-electron chi connectivity index (χ2n) is 6.99. The zero-order valence-electron chi connectivity index (χ0n) is 15.8. The molecule has 29 heavy (non-hydrogen) atoms. The van der Waals surface area contributed by atoms with Crippen molar-refractivity contribution in [3.8, 4) is 11.3 Å². The normalized spacial score (nSPS) is 18.9. The van der Waals surface area contributed by atoms with Gasteiger partial charge in [0, 0.05) is 48.1 Å². The van der Waals surface area contributed by atoms with E-state index in [9.17, 15) is 4.79 Å². The van der Waals surface area contributed by atoms with E-state index >= 15 is 0 Å². The summed E-state index contributed by atoms with van der Waals surface area (Å²) >= 11 is 12.2. The van der Waals surface area contributed by atoms with Gasteiger partial charge in [0.25, 0.3) is 0 Å². The number of imidazole rings is 1. The van der Waals surface area contributed by atoms with Crippen molar-refractivity contribution in [1.82, 2.24) is 19.9 Å².